The molecule has 0 bridgehead atoms. The van der Waals surface area contributed by atoms with Gasteiger partial charge in [-0.2, -0.15) is 0 Å². The molecule has 2 rings (SSSR count). The molecule has 10 heteroatoms. The zero-order valence-electron chi connectivity index (χ0n) is 9.87. The van der Waals surface area contributed by atoms with Gasteiger partial charge in [-0.05, 0) is 23.4 Å². The highest BCUT2D eigenvalue weighted by atomic mass is 35.5. The first-order chi connectivity index (χ1) is 9.53. The first-order valence-electron chi connectivity index (χ1n) is 5.19. The highest BCUT2D eigenvalue weighted by molar-refractivity contribution is 7.93. The van der Waals surface area contributed by atoms with Gasteiger partial charge in [-0.3, -0.25) is 4.72 Å². The van der Waals surface area contributed by atoms with Gasteiger partial charge >= 0.3 is 0 Å². The van der Waals surface area contributed by atoms with Gasteiger partial charge in [0.1, 0.15) is 4.90 Å². The number of nitrogens with two attached hydrogens (primary N) is 1. The van der Waals surface area contributed by atoms with Gasteiger partial charge in [0.2, 0.25) is 5.13 Å². The van der Waals surface area contributed by atoms with Crippen LogP contribution in [0.2, 0.25) is 5.02 Å². The van der Waals surface area contributed by atoms with Crippen molar-refractivity contribution in [3.8, 4) is 11.8 Å². The Hall–Kier alpha value is -1.73. The summed E-state index contributed by atoms with van der Waals surface area (Å²) in [5.41, 5.74) is 5.84. The van der Waals surface area contributed by atoms with Gasteiger partial charge in [0.25, 0.3) is 10.0 Å². The number of benzene rings is 1. The van der Waals surface area contributed by atoms with Gasteiger partial charge < -0.3 is 5.73 Å². The molecular weight excluding hydrogens is 322 g/mol. The first kappa shape index (κ1) is 14.7. The van der Waals surface area contributed by atoms with Crippen LogP contribution in [0.1, 0.15) is 5.56 Å². The van der Waals surface area contributed by atoms with Crippen molar-refractivity contribution in [3.05, 3.63) is 28.8 Å². The highest BCUT2D eigenvalue weighted by Gasteiger charge is 2.19. The van der Waals surface area contributed by atoms with E-state index in [9.17, 15) is 8.42 Å². The number of nitrogens with zero attached hydrogens (tertiary/aromatic N) is 3. The van der Waals surface area contributed by atoms with Crippen molar-refractivity contribution in [2.24, 2.45) is 5.73 Å². The zero-order valence-corrected chi connectivity index (χ0v) is 12.3. The summed E-state index contributed by atoms with van der Waals surface area (Å²) in [6.45, 7) is 0.212. The number of sulfonamides is 1. The third kappa shape index (κ3) is 3.43. The van der Waals surface area contributed by atoms with Crippen molar-refractivity contribution < 1.29 is 8.42 Å². The Morgan fingerprint density at radius 2 is 2.25 bits per heavy atom. The van der Waals surface area contributed by atoms with Gasteiger partial charge in [-0.25, -0.2) is 8.42 Å². The van der Waals surface area contributed by atoms with Crippen molar-refractivity contribution in [1.29, 1.82) is 0 Å². The number of nitrogens with one attached hydrogen (secondary N) is 1. The molecule has 3 N–H and O–H groups in total. The monoisotopic (exact) mass is 329 g/mol. The molecule has 0 aliphatic carbocycles. The molecule has 0 saturated heterocycles. The van der Waals surface area contributed by atoms with E-state index in [-0.39, 0.29) is 21.6 Å². The number of aromatic nitrogens is 3. The van der Waals surface area contributed by atoms with E-state index in [0.717, 1.165) is 11.5 Å². The van der Waals surface area contributed by atoms with Gasteiger partial charge in [-0.15, -0.1) is 0 Å². The molecular formula is C10H8ClN5O2S2. The number of anilines is 1. The van der Waals surface area contributed by atoms with Crippen LogP contribution >= 0.6 is 23.1 Å². The van der Waals surface area contributed by atoms with Crippen LogP contribution in [0.15, 0.2) is 23.1 Å². The SMILES string of the molecule is NCC#Cc1ccc(S(=O)(=O)Nc2nnns2)c(Cl)c1. The fourth-order valence-corrected chi connectivity index (χ4v) is 3.42. The minimum absolute atomic E-state index is 0.0544. The molecule has 20 heavy (non-hydrogen) atoms. The summed E-state index contributed by atoms with van der Waals surface area (Å²) >= 11 is 6.79. The standard InChI is InChI=1S/C10H8ClN5O2S2/c11-8-6-7(2-1-5-12)3-4-9(8)20(17,18)14-10-13-15-16-19-10/h3-4,6H,5,12H2,(H,13,14,16). The van der Waals surface area contributed by atoms with Gasteiger partial charge in [0.05, 0.1) is 11.6 Å². The molecule has 0 spiro atoms. The lowest BCUT2D eigenvalue weighted by Crippen LogP contribution is -2.13. The summed E-state index contributed by atoms with van der Waals surface area (Å²) in [6.07, 6.45) is 0. The fraction of sp³-hybridized carbons (Fsp3) is 0.100. The van der Waals surface area contributed by atoms with E-state index in [0.29, 0.717) is 5.56 Å². The third-order valence-corrected chi connectivity index (χ3v) is 4.54. The Balaban J connectivity index is 2.33. The molecule has 0 atom stereocenters. The predicted molar refractivity (Wildman–Crippen MR) is 75.9 cm³/mol. The van der Waals surface area contributed by atoms with Crippen LogP contribution in [0.4, 0.5) is 5.13 Å². The molecule has 0 unspecified atom stereocenters. The molecule has 1 aromatic carbocycles. The second kappa shape index (κ2) is 6.15. The van der Waals surface area contributed by atoms with Crippen LogP contribution in [-0.4, -0.2) is 29.8 Å². The highest BCUT2D eigenvalue weighted by Crippen LogP contribution is 2.24. The van der Waals surface area contributed by atoms with Crippen LogP contribution < -0.4 is 10.5 Å². The largest absolute Gasteiger partial charge is 0.320 e. The van der Waals surface area contributed by atoms with Gasteiger partial charge in [0, 0.05) is 17.1 Å². The second-order valence-corrected chi connectivity index (χ2v) is 6.21. The molecule has 1 heterocycles. The van der Waals surface area contributed by atoms with Crippen molar-refractivity contribution in [2.45, 2.75) is 4.90 Å². The van der Waals surface area contributed by atoms with E-state index in [1.165, 1.54) is 12.1 Å². The average molecular weight is 330 g/mol. The maximum atomic E-state index is 12.1. The van der Waals surface area contributed by atoms with E-state index in [2.05, 4.69) is 31.4 Å². The third-order valence-electron chi connectivity index (χ3n) is 2.08. The molecule has 7 nitrogen and oxygen atoms in total. The van der Waals surface area contributed by atoms with Crippen molar-refractivity contribution in [3.63, 3.8) is 0 Å². The molecule has 104 valence electrons. The number of halogens is 1. The maximum Gasteiger partial charge on any atom is 0.265 e. The Bertz CT molecular complexity index is 765. The van der Waals surface area contributed by atoms with Crippen LogP contribution in [0.5, 0.6) is 0 Å². The Labute approximate surface area is 124 Å². The molecule has 0 aliphatic rings. The van der Waals surface area contributed by atoms with E-state index in [1.54, 1.807) is 6.07 Å². The summed E-state index contributed by atoms with van der Waals surface area (Å²) in [7, 11) is -3.84. The molecule has 2 aromatic rings. The minimum Gasteiger partial charge on any atom is -0.320 e. The lowest BCUT2D eigenvalue weighted by molar-refractivity contribution is 0.601. The number of hydrogen-bond acceptors (Lipinski definition) is 7. The lowest BCUT2D eigenvalue weighted by Gasteiger charge is -2.06. The van der Waals surface area contributed by atoms with E-state index in [1.807, 2.05) is 0 Å². The van der Waals surface area contributed by atoms with E-state index < -0.39 is 10.0 Å². The average Bonchev–Trinajstić information content (AvgIpc) is 2.88. The topological polar surface area (TPSA) is 111 Å². The quantitative estimate of drug-likeness (QED) is 0.802. The summed E-state index contributed by atoms with van der Waals surface area (Å²) in [4.78, 5) is -0.0762. The summed E-state index contributed by atoms with van der Waals surface area (Å²) in [6, 6.07) is 4.36. The number of hydrogen-bond donors (Lipinski definition) is 2. The Kier molecular flexibility index (Phi) is 4.51. The molecule has 0 saturated carbocycles. The fourth-order valence-electron chi connectivity index (χ4n) is 1.29. The normalized spacial score (nSPS) is 10.7. The van der Waals surface area contributed by atoms with Gasteiger partial charge in [-0.1, -0.05) is 33.0 Å². The Morgan fingerprint density at radius 1 is 1.45 bits per heavy atom. The molecule has 0 amide bonds. The second-order valence-electron chi connectivity index (χ2n) is 3.42. The lowest BCUT2D eigenvalue weighted by atomic mass is 10.2. The Morgan fingerprint density at radius 3 is 2.85 bits per heavy atom. The van der Waals surface area contributed by atoms with Gasteiger partial charge in [0.15, 0.2) is 0 Å². The molecule has 0 radical (unpaired) electrons. The van der Waals surface area contributed by atoms with E-state index in [4.69, 9.17) is 17.3 Å². The summed E-state index contributed by atoms with van der Waals surface area (Å²) in [5, 5.41) is 6.92. The van der Waals surface area contributed by atoms with Crippen LogP contribution in [0, 0.1) is 11.8 Å². The molecule has 0 fully saturated rings. The minimum atomic E-state index is -3.84. The van der Waals surface area contributed by atoms with Crippen LogP contribution in [-0.2, 0) is 10.0 Å². The molecule has 1 aromatic heterocycles. The van der Waals surface area contributed by atoms with Crippen molar-refractivity contribution in [2.75, 3.05) is 11.3 Å². The van der Waals surface area contributed by atoms with Crippen LogP contribution in [0.3, 0.4) is 0 Å². The van der Waals surface area contributed by atoms with Crippen molar-refractivity contribution in [1.82, 2.24) is 14.8 Å². The molecule has 0 aliphatic heterocycles. The maximum absolute atomic E-state index is 12.1. The zero-order chi connectivity index (χ0) is 14.6. The van der Waals surface area contributed by atoms with Crippen molar-refractivity contribution >= 4 is 38.3 Å². The first-order valence-corrected chi connectivity index (χ1v) is 7.83. The smallest absolute Gasteiger partial charge is 0.265 e. The summed E-state index contributed by atoms with van der Waals surface area (Å²) in [5.74, 6) is 5.42. The van der Waals surface area contributed by atoms with Crippen LogP contribution in [0.25, 0.3) is 0 Å². The summed E-state index contributed by atoms with van der Waals surface area (Å²) < 4.78 is 29.9. The van der Waals surface area contributed by atoms with E-state index >= 15 is 0 Å². The predicted octanol–water partition coefficient (Wildman–Crippen LogP) is 0.697. The number of rotatable bonds is 3.